The van der Waals surface area contributed by atoms with Gasteiger partial charge in [-0.1, -0.05) is 11.6 Å². The van der Waals surface area contributed by atoms with E-state index in [0.717, 1.165) is 0 Å². The molecule has 130 valence electrons. The van der Waals surface area contributed by atoms with Gasteiger partial charge in [0.2, 0.25) is 0 Å². The molecule has 0 unspecified atom stereocenters. The first-order valence-corrected chi connectivity index (χ1v) is 7.70. The smallest absolute Gasteiger partial charge is 0.288 e. The Labute approximate surface area is 152 Å². The van der Waals surface area contributed by atoms with E-state index in [1.54, 1.807) is 36.5 Å². The Morgan fingerprint density at radius 2 is 2.15 bits per heavy atom. The van der Waals surface area contributed by atoms with Crippen LogP contribution in [0.1, 0.15) is 16.1 Å². The minimum atomic E-state index is -0.564. The van der Waals surface area contributed by atoms with E-state index in [-0.39, 0.29) is 10.7 Å². The first kappa shape index (κ1) is 17.3. The van der Waals surface area contributed by atoms with Crippen molar-refractivity contribution < 1.29 is 14.1 Å². The van der Waals surface area contributed by atoms with Crippen molar-refractivity contribution in [2.45, 2.75) is 0 Å². The van der Waals surface area contributed by atoms with Crippen LogP contribution in [0.15, 0.2) is 64.4 Å². The van der Waals surface area contributed by atoms with Gasteiger partial charge in [-0.3, -0.25) is 19.9 Å². The van der Waals surface area contributed by atoms with Crippen molar-refractivity contribution in [2.24, 2.45) is 5.10 Å². The van der Waals surface area contributed by atoms with E-state index in [9.17, 15) is 14.9 Å². The fourth-order valence-electron chi connectivity index (χ4n) is 2.10. The summed E-state index contributed by atoms with van der Waals surface area (Å²) in [6.45, 7) is 0. The minimum absolute atomic E-state index is 0.0465. The number of nitro benzene ring substituents is 1. The normalized spacial score (nSPS) is 10.8. The van der Waals surface area contributed by atoms with Crippen LogP contribution in [0.5, 0.6) is 0 Å². The third kappa shape index (κ3) is 3.93. The first-order chi connectivity index (χ1) is 12.5. The van der Waals surface area contributed by atoms with Crippen LogP contribution < -0.4 is 5.43 Å². The van der Waals surface area contributed by atoms with Gasteiger partial charge in [0.25, 0.3) is 11.6 Å². The van der Waals surface area contributed by atoms with E-state index in [0.29, 0.717) is 22.6 Å². The number of benzene rings is 1. The van der Waals surface area contributed by atoms with E-state index in [1.807, 2.05) is 0 Å². The average molecular weight is 371 g/mol. The zero-order chi connectivity index (χ0) is 18.5. The maximum absolute atomic E-state index is 11.8. The summed E-state index contributed by atoms with van der Waals surface area (Å²) in [7, 11) is 0. The number of carbonyl (C=O) groups excluding carboxylic acids is 1. The number of carbonyl (C=O) groups is 1. The molecule has 8 nitrogen and oxygen atoms in total. The van der Waals surface area contributed by atoms with Gasteiger partial charge in [0, 0.05) is 24.0 Å². The average Bonchev–Trinajstić information content (AvgIpc) is 3.11. The monoisotopic (exact) mass is 370 g/mol. The second kappa shape index (κ2) is 7.58. The van der Waals surface area contributed by atoms with Gasteiger partial charge in [0.1, 0.15) is 16.5 Å². The summed E-state index contributed by atoms with van der Waals surface area (Å²) >= 11 is 5.79. The molecule has 1 aromatic carbocycles. The van der Waals surface area contributed by atoms with Crippen molar-refractivity contribution in [3.8, 4) is 11.3 Å². The van der Waals surface area contributed by atoms with Gasteiger partial charge in [0.15, 0.2) is 0 Å². The summed E-state index contributed by atoms with van der Waals surface area (Å²) in [5, 5.41) is 14.8. The van der Waals surface area contributed by atoms with Crippen LogP contribution in [0, 0.1) is 10.1 Å². The van der Waals surface area contributed by atoms with Crippen molar-refractivity contribution >= 4 is 29.4 Å². The molecule has 0 bridgehead atoms. The molecule has 0 radical (unpaired) electrons. The summed E-state index contributed by atoms with van der Waals surface area (Å²) in [6.07, 6.45) is 4.30. The molecule has 3 rings (SSSR count). The Morgan fingerprint density at radius 3 is 2.88 bits per heavy atom. The molecule has 9 heteroatoms. The van der Waals surface area contributed by atoms with E-state index in [2.05, 4.69) is 15.5 Å². The van der Waals surface area contributed by atoms with Gasteiger partial charge in [-0.15, -0.1) is 0 Å². The highest BCUT2D eigenvalue weighted by atomic mass is 35.5. The van der Waals surface area contributed by atoms with Gasteiger partial charge in [0.05, 0.1) is 16.7 Å². The Hall–Kier alpha value is -3.52. The number of aromatic nitrogens is 1. The first-order valence-electron chi connectivity index (χ1n) is 7.32. The van der Waals surface area contributed by atoms with Crippen molar-refractivity contribution in [3.63, 3.8) is 0 Å². The molecular formula is C17H11ClN4O4. The van der Waals surface area contributed by atoms with Crippen LogP contribution in [-0.4, -0.2) is 22.0 Å². The number of nitro groups is 1. The molecule has 0 aliphatic carbocycles. The molecule has 0 fully saturated rings. The highest BCUT2D eigenvalue weighted by Gasteiger charge is 2.15. The lowest BCUT2D eigenvalue weighted by molar-refractivity contribution is -0.384. The molecule has 2 heterocycles. The number of hydrogen-bond donors (Lipinski definition) is 1. The van der Waals surface area contributed by atoms with Crippen LogP contribution >= 0.6 is 11.6 Å². The number of nitrogens with one attached hydrogen (secondary N) is 1. The summed E-state index contributed by atoms with van der Waals surface area (Å²) in [5.74, 6) is 0.364. The molecule has 2 aromatic heterocycles. The Morgan fingerprint density at radius 1 is 1.31 bits per heavy atom. The number of hydrazone groups is 1. The number of furan rings is 1. The fourth-order valence-corrected chi connectivity index (χ4v) is 2.29. The third-order valence-electron chi connectivity index (χ3n) is 3.34. The molecule has 3 aromatic rings. The lowest BCUT2D eigenvalue weighted by Gasteiger charge is -1.99. The number of pyridine rings is 1. The largest absolute Gasteiger partial charge is 0.455 e. The summed E-state index contributed by atoms with van der Waals surface area (Å²) < 4.78 is 5.55. The van der Waals surface area contributed by atoms with Crippen molar-refractivity contribution in [2.75, 3.05) is 0 Å². The fraction of sp³-hybridized carbons (Fsp3) is 0. The highest BCUT2D eigenvalue weighted by molar-refractivity contribution is 6.32. The van der Waals surface area contributed by atoms with Gasteiger partial charge in [-0.2, -0.15) is 5.10 Å². The molecule has 0 aliphatic rings. The lowest BCUT2D eigenvalue weighted by atomic mass is 10.1. The highest BCUT2D eigenvalue weighted by Crippen LogP contribution is 2.30. The van der Waals surface area contributed by atoms with Crippen molar-refractivity contribution in [3.05, 3.63) is 81.3 Å². The summed E-state index contributed by atoms with van der Waals surface area (Å²) in [5.41, 5.74) is 3.02. The zero-order valence-electron chi connectivity index (χ0n) is 13.1. The number of rotatable bonds is 5. The topological polar surface area (TPSA) is 111 Å². The molecule has 0 aliphatic heterocycles. The molecular weight excluding hydrogens is 360 g/mol. The van der Waals surface area contributed by atoms with Gasteiger partial charge < -0.3 is 4.42 Å². The lowest BCUT2D eigenvalue weighted by Crippen LogP contribution is -2.17. The van der Waals surface area contributed by atoms with Gasteiger partial charge >= 0.3 is 0 Å². The van der Waals surface area contributed by atoms with Crippen LogP contribution in [0.3, 0.4) is 0 Å². The van der Waals surface area contributed by atoms with Gasteiger partial charge in [-0.25, -0.2) is 5.43 Å². The van der Waals surface area contributed by atoms with Gasteiger partial charge in [-0.05, 0) is 36.4 Å². The quantitative estimate of drug-likeness (QED) is 0.418. The van der Waals surface area contributed by atoms with Crippen LogP contribution in [0.4, 0.5) is 5.69 Å². The zero-order valence-corrected chi connectivity index (χ0v) is 13.9. The molecule has 0 saturated carbocycles. The standard InChI is InChI=1S/C17H11ClN4O4/c18-14-5-3-11(8-15(14)22(24)25)16-6-4-13(26-16)10-20-21-17(23)12-2-1-7-19-9-12/h1-10H,(H,21,23)/b20-10+. The van der Waals surface area contributed by atoms with Crippen LogP contribution in [-0.2, 0) is 0 Å². The Bertz CT molecular complexity index is 985. The summed E-state index contributed by atoms with van der Waals surface area (Å²) in [4.78, 5) is 26.1. The SMILES string of the molecule is O=C(N/N=C/c1ccc(-c2ccc(Cl)c([N+](=O)[O-])c2)o1)c1cccnc1. The maximum atomic E-state index is 11.8. The number of halogens is 1. The molecule has 0 atom stereocenters. The predicted molar refractivity (Wildman–Crippen MR) is 95.1 cm³/mol. The van der Waals surface area contributed by atoms with Crippen molar-refractivity contribution in [1.82, 2.24) is 10.4 Å². The Kier molecular flexibility index (Phi) is 5.04. The second-order valence-electron chi connectivity index (χ2n) is 5.07. The molecule has 1 N–H and O–H groups in total. The minimum Gasteiger partial charge on any atom is -0.455 e. The van der Waals surface area contributed by atoms with E-state index < -0.39 is 10.8 Å². The van der Waals surface area contributed by atoms with Crippen molar-refractivity contribution in [1.29, 1.82) is 0 Å². The number of hydrogen-bond acceptors (Lipinski definition) is 6. The van der Waals surface area contributed by atoms with E-state index in [1.165, 1.54) is 24.5 Å². The third-order valence-corrected chi connectivity index (χ3v) is 3.66. The van der Waals surface area contributed by atoms with E-state index >= 15 is 0 Å². The second-order valence-corrected chi connectivity index (χ2v) is 5.47. The molecule has 26 heavy (non-hydrogen) atoms. The Balaban J connectivity index is 1.71. The van der Waals surface area contributed by atoms with Crippen LogP contribution in [0.2, 0.25) is 5.02 Å². The predicted octanol–water partition coefficient (Wildman–Crippen LogP) is 3.67. The number of amides is 1. The summed E-state index contributed by atoms with van der Waals surface area (Å²) in [6, 6.07) is 10.9. The van der Waals surface area contributed by atoms with Crippen LogP contribution in [0.25, 0.3) is 11.3 Å². The van der Waals surface area contributed by atoms with E-state index in [4.69, 9.17) is 16.0 Å². The molecule has 0 spiro atoms. The molecule has 0 saturated heterocycles. The maximum Gasteiger partial charge on any atom is 0.288 e. The molecule has 1 amide bonds. The number of nitrogens with zero attached hydrogens (tertiary/aromatic N) is 3.